The van der Waals surface area contributed by atoms with E-state index in [2.05, 4.69) is 20.8 Å². The average Bonchev–Trinajstić information content (AvgIpc) is 2.98. The number of amides is 2. The molecule has 1 heterocycles. The van der Waals surface area contributed by atoms with Crippen LogP contribution in [0.1, 0.15) is 0 Å². The first-order valence-corrected chi connectivity index (χ1v) is 7.73. The summed E-state index contributed by atoms with van der Waals surface area (Å²) in [6.07, 6.45) is 0. The van der Waals surface area contributed by atoms with Crippen molar-refractivity contribution in [2.45, 2.75) is 0 Å². The molecular formula is C15H10ClFN4OS. The van der Waals surface area contributed by atoms with E-state index in [0.717, 1.165) is 5.56 Å². The number of nitrogens with one attached hydrogen (secondary N) is 2. The lowest BCUT2D eigenvalue weighted by atomic mass is 10.2. The first-order chi connectivity index (χ1) is 11.1. The van der Waals surface area contributed by atoms with Gasteiger partial charge in [0.25, 0.3) is 0 Å². The Morgan fingerprint density at radius 3 is 2.52 bits per heavy atom. The van der Waals surface area contributed by atoms with E-state index in [-0.39, 0.29) is 5.69 Å². The number of aromatic nitrogens is 2. The predicted molar refractivity (Wildman–Crippen MR) is 89.4 cm³/mol. The molecule has 3 aromatic rings. The molecule has 0 aliphatic carbocycles. The topological polar surface area (TPSA) is 66.9 Å². The van der Waals surface area contributed by atoms with Crippen LogP contribution in [0.4, 0.5) is 20.0 Å². The minimum atomic E-state index is -0.589. The highest BCUT2D eigenvalue weighted by molar-refractivity contribution is 7.18. The Hall–Kier alpha value is -2.51. The average molecular weight is 349 g/mol. The third-order valence-corrected chi connectivity index (χ3v) is 4.00. The lowest BCUT2D eigenvalue weighted by Gasteiger charge is -2.05. The van der Waals surface area contributed by atoms with Crippen LogP contribution in [0.3, 0.4) is 0 Å². The lowest BCUT2D eigenvalue weighted by Crippen LogP contribution is -2.19. The Bertz CT molecular complexity index is 838. The van der Waals surface area contributed by atoms with Crippen LogP contribution >= 0.6 is 22.9 Å². The van der Waals surface area contributed by atoms with Crippen LogP contribution in [-0.4, -0.2) is 16.2 Å². The minimum Gasteiger partial charge on any atom is -0.305 e. The molecule has 2 amide bonds. The fourth-order valence-corrected chi connectivity index (χ4v) is 2.67. The Morgan fingerprint density at radius 1 is 1.04 bits per heavy atom. The molecule has 0 aliphatic heterocycles. The van der Waals surface area contributed by atoms with Gasteiger partial charge in [-0.25, -0.2) is 9.18 Å². The van der Waals surface area contributed by atoms with E-state index >= 15 is 0 Å². The first-order valence-electron chi connectivity index (χ1n) is 6.54. The zero-order valence-electron chi connectivity index (χ0n) is 11.6. The second-order valence-electron chi connectivity index (χ2n) is 4.48. The second kappa shape index (κ2) is 6.72. The number of carbonyl (C=O) groups is 1. The maximum atomic E-state index is 13.5. The molecule has 8 heteroatoms. The lowest BCUT2D eigenvalue weighted by molar-refractivity contribution is 0.262. The number of rotatable bonds is 3. The van der Waals surface area contributed by atoms with Crippen molar-refractivity contribution in [3.63, 3.8) is 0 Å². The summed E-state index contributed by atoms with van der Waals surface area (Å²) >= 11 is 7.04. The predicted octanol–water partition coefficient (Wildman–Crippen LogP) is 4.64. The van der Waals surface area contributed by atoms with Crippen LogP contribution in [0.25, 0.3) is 10.6 Å². The molecule has 0 radical (unpaired) electrons. The summed E-state index contributed by atoms with van der Waals surface area (Å²) in [5.41, 5.74) is 0.932. The number of anilines is 2. The third kappa shape index (κ3) is 3.82. The molecule has 0 fully saturated rings. The maximum Gasteiger partial charge on any atom is 0.325 e. The Kier molecular flexibility index (Phi) is 4.50. The molecule has 0 atom stereocenters. The summed E-state index contributed by atoms with van der Waals surface area (Å²) in [4.78, 5) is 11.9. The van der Waals surface area contributed by atoms with E-state index in [0.29, 0.717) is 15.2 Å². The molecule has 5 nitrogen and oxygen atoms in total. The summed E-state index contributed by atoms with van der Waals surface area (Å²) in [5, 5.41) is 14.4. The number of hydrogen-bond acceptors (Lipinski definition) is 4. The van der Waals surface area contributed by atoms with Crippen molar-refractivity contribution in [3.8, 4) is 10.6 Å². The standard InChI is InChI=1S/C15H10ClFN4OS/c16-10-7-5-9(6-8-10)13-20-21-15(23-13)19-14(22)18-12-4-2-1-3-11(12)17/h1-8H,(H2,18,19,21,22). The van der Waals surface area contributed by atoms with Gasteiger partial charge >= 0.3 is 6.03 Å². The van der Waals surface area contributed by atoms with Gasteiger partial charge < -0.3 is 5.32 Å². The summed E-state index contributed by atoms with van der Waals surface area (Å²) < 4.78 is 13.5. The van der Waals surface area contributed by atoms with Crippen molar-refractivity contribution in [2.75, 3.05) is 10.6 Å². The van der Waals surface area contributed by atoms with E-state index in [1.165, 1.54) is 23.5 Å². The fraction of sp³-hybridized carbons (Fsp3) is 0. The normalized spacial score (nSPS) is 10.3. The molecule has 2 N–H and O–H groups in total. The molecule has 1 aromatic heterocycles. The van der Waals surface area contributed by atoms with E-state index in [4.69, 9.17) is 11.6 Å². The van der Waals surface area contributed by atoms with Gasteiger partial charge in [-0.15, -0.1) is 10.2 Å². The van der Waals surface area contributed by atoms with E-state index in [9.17, 15) is 9.18 Å². The first kappa shape index (κ1) is 15.4. The number of hydrogen-bond donors (Lipinski definition) is 2. The van der Waals surface area contributed by atoms with Gasteiger partial charge in [0.1, 0.15) is 10.8 Å². The van der Waals surface area contributed by atoms with Gasteiger partial charge in [0, 0.05) is 10.6 Å². The van der Waals surface area contributed by atoms with Gasteiger partial charge in [0.2, 0.25) is 5.13 Å². The van der Waals surface area contributed by atoms with Crippen LogP contribution < -0.4 is 10.6 Å². The van der Waals surface area contributed by atoms with E-state index in [1.54, 1.807) is 24.3 Å². The third-order valence-electron chi connectivity index (χ3n) is 2.86. The summed E-state index contributed by atoms with van der Waals surface area (Å²) in [7, 11) is 0. The highest BCUT2D eigenvalue weighted by Gasteiger charge is 2.11. The Morgan fingerprint density at radius 2 is 1.78 bits per heavy atom. The van der Waals surface area contributed by atoms with Gasteiger partial charge in [-0.3, -0.25) is 5.32 Å². The van der Waals surface area contributed by atoms with Crippen LogP contribution in [0, 0.1) is 5.82 Å². The molecule has 0 bridgehead atoms. The fourth-order valence-electron chi connectivity index (χ4n) is 1.80. The quantitative estimate of drug-likeness (QED) is 0.724. The van der Waals surface area contributed by atoms with Gasteiger partial charge in [-0.1, -0.05) is 47.2 Å². The van der Waals surface area contributed by atoms with Gasteiger partial charge in [0.05, 0.1) is 5.69 Å². The maximum absolute atomic E-state index is 13.5. The van der Waals surface area contributed by atoms with E-state index in [1.807, 2.05) is 12.1 Å². The minimum absolute atomic E-state index is 0.0902. The summed E-state index contributed by atoms with van der Waals surface area (Å²) in [6, 6.07) is 12.4. The van der Waals surface area contributed by atoms with Gasteiger partial charge in [-0.05, 0) is 24.3 Å². The molecule has 0 unspecified atom stereocenters. The Labute approximate surface area is 140 Å². The van der Waals surface area contributed by atoms with E-state index < -0.39 is 11.8 Å². The molecule has 23 heavy (non-hydrogen) atoms. The molecule has 0 saturated heterocycles. The van der Waals surface area contributed by atoms with Gasteiger partial charge in [0.15, 0.2) is 0 Å². The molecule has 3 rings (SSSR count). The van der Waals surface area contributed by atoms with Crippen molar-refractivity contribution in [1.82, 2.24) is 10.2 Å². The second-order valence-corrected chi connectivity index (χ2v) is 5.89. The van der Waals surface area contributed by atoms with Crippen molar-refractivity contribution in [2.24, 2.45) is 0 Å². The highest BCUT2D eigenvalue weighted by atomic mass is 35.5. The molecule has 2 aromatic carbocycles. The molecule has 0 saturated carbocycles. The van der Waals surface area contributed by atoms with Crippen LogP contribution in [0.2, 0.25) is 5.02 Å². The highest BCUT2D eigenvalue weighted by Crippen LogP contribution is 2.27. The molecule has 0 aliphatic rings. The number of urea groups is 1. The Balaban J connectivity index is 1.68. The largest absolute Gasteiger partial charge is 0.325 e. The molecule has 0 spiro atoms. The van der Waals surface area contributed by atoms with Crippen molar-refractivity contribution >= 4 is 39.8 Å². The number of nitrogens with zero attached hydrogens (tertiary/aromatic N) is 2. The number of para-hydroxylation sites is 1. The van der Waals surface area contributed by atoms with Crippen molar-refractivity contribution in [3.05, 3.63) is 59.4 Å². The van der Waals surface area contributed by atoms with Crippen molar-refractivity contribution < 1.29 is 9.18 Å². The summed E-state index contributed by atoms with van der Waals surface area (Å²) in [5.74, 6) is -0.512. The SMILES string of the molecule is O=C(Nc1nnc(-c2ccc(Cl)cc2)s1)Nc1ccccc1F. The monoisotopic (exact) mass is 348 g/mol. The van der Waals surface area contributed by atoms with Crippen LogP contribution in [0.5, 0.6) is 0 Å². The van der Waals surface area contributed by atoms with Crippen LogP contribution in [0.15, 0.2) is 48.5 Å². The molecular weight excluding hydrogens is 339 g/mol. The zero-order valence-corrected chi connectivity index (χ0v) is 13.2. The summed E-state index contributed by atoms with van der Waals surface area (Å²) in [6.45, 7) is 0. The number of benzene rings is 2. The van der Waals surface area contributed by atoms with Gasteiger partial charge in [-0.2, -0.15) is 0 Å². The smallest absolute Gasteiger partial charge is 0.305 e. The number of halogens is 2. The van der Waals surface area contributed by atoms with Crippen molar-refractivity contribution in [1.29, 1.82) is 0 Å². The number of carbonyl (C=O) groups excluding carboxylic acids is 1. The molecule has 116 valence electrons. The zero-order chi connectivity index (χ0) is 16.2. The van der Waals surface area contributed by atoms with Crippen LogP contribution in [-0.2, 0) is 0 Å².